The van der Waals surface area contributed by atoms with Crippen molar-refractivity contribution in [1.29, 1.82) is 0 Å². The summed E-state index contributed by atoms with van der Waals surface area (Å²) in [6.45, 7) is 1.80. The van der Waals surface area contributed by atoms with E-state index in [9.17, 15) is 9.90 Å². The van der Waals surface area contributed by atoms with Crippen LogP contribution in [0.4, 0.5) is 5.69 Å². The number of carbonyl (C=O) groups is 1. The SMILES string of the molecule is Cc1nc2cc(NC(=O)C3CCC(O)CC3)ccc2o1. The maximum absolute atomic E-state index is 12.2. The summed E-state index contributed by atoms with van der Waals surface area (Å²) in [7, 11) is 0. The predicted molar refractivity (Wildman–Crippen MR) is 75.3 cm³/mol. The number of aryl methyl sites for hydroxylation is 1. The van der Waals surface area contributed by atoms with E-state index in [0.29, 0.717) is 18.7 Å². The van der Waals surface area contributed by atoms with Crippen molar-refractivity contribution in [1.82, 2.24) is 4.98 Å². The molecule has 5 heteroatoms. The molecular weight excluding hydrogens is 256 g/mol. The number of nitrogens with one attached hydrogen (secondary N) is 1. The number of fused-ring (bicyclic) bond motifs is 1. The fourth-order valence-electron chi connectivity index (χ4n) is 2.70. The minimum absolute atomic E-state index is 0.00635. The van der Waals surface area contributed by atoms with Gasteiger partial charge in [0.2, 0.25) is 5.91 Å². The zero-order valence-electron chi connectivity index (χ0n) is 11.4. The van der Waals surface area contributed by atoms with Crippen LogP contribution in [0.3, 0.4) is 0 Å². The Bertz CT molecular complexity index is 627. The fraction of sp³-hybridized carbons (Fsp3) is 0.467. The van der Waals surface area contributed by atoms with Crippen molar-refractivity contribution in [2.75, 3.05) is 5.32 Å². The van der Waals surface area contributed by atoms with Crippen molar-refractivity contribution < 1.29 is 14.3 Å². The van der Waals surface area contributed by atoms with Gasteiger partial charge in [-0.3, -0.25) is 4.79 Å². The Kier molecular flexibility index (Phi) is 3.44. The molecular formula is C15H18N2O3. The van der Waals surface area contributed by atoms with Crippen LogP contribution in [0.25, 0.3) is 11.1 Å². The molecule has 1 saturated carbocycles. The van der Waals surface area contributed by atoms with Crippen LogP contribution in [0.15, 0.2) is 22.6 Å². The number of hydrogen-bond donors (Lipinski definition) is 2. The number of amides is 1. The molecule has 0 unspecified atom stereocenters. The topological polar surface area (TPSA) is 75.4 Å². The number of rotatable bonds is 2. The Balaban J connectivity index is 1.70. The van der Waals surface area contributed by atoms with E-state index in [1.54, 1.807) is 6.92 Å². The monoisotopic (exact) mass is 274 g/mol. The van der Waals surface area contributed by atoms with E-state index in [0.717, 1.165) is 29.6 Å². The first-order chi connectivity index (χ1) is 9.61. The third-order valence-corrected chi connectivity index (χ3v) is 3.83. The fourth-order valence-corrected chi connectivity index (χ4v) is 2.70. The maximum atomic E-state index is 12.2. The average molecular weight is 274 g/mol. The number of nitrogens with zero attached hydrogens (tertiary/aromatic N) is 1. The van der Waals surface area contributed by atoms with Crippen molar-refractivity contribution in [2.24, 2.45) is 5.92 Å². The molecule has 5 nitrogen and oxygen atoms in total. The second kappa shape index (κ2) is 5.25. The molecule has 2 aromatic rings. The number of anilines is 1. The Morgan fingerprint density at radius 3 is 2.85 bits per heavy atom. The van der Waals surface area contributed by atoms with Crippen LogP contribution in [-0.4, -0.2) is 22.1 Å². The lowest BCUT2D eigenvalue weighted by molar-refractivity contribution is -0.121. The first kappa shape index (κ1) is 13.1. The van der Waals surface area contributed by atoms with Crippen molar-refractivity contribution in [3.8, 4) is 0 Å². The van der Waals surface area contributed by atoms with Crippen LogP contribution >= 0.6 is 0 Å². The van der Waals surface area contributed by atoms with Crippen molar-refractivity contribution in [3.05, 3.63) is 24.1 Å². The molecule has 0 bridgehead atoms. The molecule has 0 spiro atoms. The summed E-state index contributed by atoms with van der Waals surface area (Å²) < 4.78 is 5.40. The van der Waals surface area contributed by atoms with Crippen LogP contribution in [0.5, 0.6) is 0 Å². The largest absolute Gasteiger partial charge is 0.441 e. The van der Waals surface area contributed by atoms with E-state index in [1.807, 2.05) is 18.2 Å². The van der Waals surface area contributed by atoms with Gasteiger partial charge in [0.15, 0.2) is 11.5 Å². The molecule has 1 aromatic heterocycles. The zero-order valence-corrected chi connectivity index (χ0v) is 11.4. The Labute approximate surface area is 117 Å². The van der Waals surface area contributed by atoms with E-state index in [4.69, 9.17) is 4.42 Å². The summed E-state index contributed by atoms with van der Waals surface area (Å²) in [5.41, 5.74) is 2.21. The summed E-state index contributed by atoms with van der Waals surface area (Å²) in [5.74, 6) is 0.634. The third kappa shape index (κ3) is 2.67. The highest BCUT2D eigenvalue weighted by Crippen LogP contribution is 2.26. The van der Waals surface area contributed by atoms with Crippen LogP contribution in [0, 0.1) is 12.8 Å². The lowest BCUT2D eigenvalue weighted by atomic mass is 9.87. The van der Waals surface area contributed by atoms with Crippen LogP contribution in [-0.2, 0) is 4.79 Å². The molecule has 0 atom stereocenters. The van der Waals surface area contributed by atoms with Gasteiger partial charge >= 0.3 is 0 Å². The Morgan fingerprint density at radius 1 is 1.35 bits per heavy atom. The van der Waals surface area contributed by atoms with Crippen LogP contribution in [0.1, 0.15) is 31.6 Å². The van der Waals surface area contributed by atoms with Gasteiger partial charge in [-0.25, -0.2) is 4.98 Å². The molecule has 3 rings (SSSR count). The van der Waals surface area contributed by atoms with Gasteiger partial charge in [-0.1, -0.05) is 0 Å². The Morgan fingerprint density at radius 2 is 2.10 bits per heavy atom. The van der Waals surface area contributed by atoms with Crippen LogP contribution in [0.2, 0.25) is 0 Å². The van der Waals surface area contributed by atoms with Crippen molar-refractivity contribution in [3.63, 3.8) is 0 Å². The summed E-state index contributed by atoms with van der Waals surface area (Å²) in [6, 6.07) is 5.46. The van der Waals surface area contributed by atoms with Gasteiger partial charge in [-0.2, -0.15) is 0 Å². The maximum Gasteiger partial charge on any atom is 0.227 e. The first-order valence-electron chi connectivity index (χ1n) is 6.98. The number of aliphatic hydroxyl groups excluding tert-OH is 1. The molecule has 1 fully saturated rings. The molecule has 1 amide bonds. The molecule has 1 aliphatic carbocycles. The second-order valence-electron chi connectivity index (χ2n) is 5.41. The minimum atomic E-state index is -0.242. The summed E-state index contributed by atoms with van der Waals surface area (Å²) in [5, 5.41) is 12.4. The molecule has 0 saturated heterocycles. The minimum Gasteiger partial charge on any atom is -0.441 e. The molecule has 106 valence electrons. The molecule has 20 heavy (non-hydrogen) atoms. The smallest absolute Gasteiger partial charge is 0.227 e. The molecule has 1 heterocycles. The summed E-state index contributed by atoms with van der Waals surface area (Å²) >= 11 is 0. The normalized spacial score (nSPS) is 22.9. The number of benzene rings is 1. The number of aliphatic hydroxyl groups is 1. The van der Waals surface area contributed by atoms with Crippen molar-refractivity contribution in [2.45, 2.75) is 38.7 Å². The lowest BCUT2D eigenvalue weighted by Crippen LogP contribution is -2.28. The van der Waals surface area contributed by atoms with Gasteiger partial charge in [-0.15, -0.1) is 0 Å². The van der Waals surface area contributed by atoms with E-state index in [-0.39, 0.29) is 17.9 Å². The highest BCUT2D eigenvalue weighted by atomic mass is 16.3. The molecule has 0 aliphatic heterocycles. The molecule has 2 N–H and O–H groups in total. The second-order valence-corrected chi connectivity index (χ2v) is 5.41. The summed E-state index contributed by atoms with van der Waals surface area (Å²) in [6.07, 6.45) is 2.67. The standard InChI is InChI=1S/C15H18N2O3/c1-9-16-13-8-11(4-7-14(13)20-9)17-15(19)10-2-5-12(18)6-3-10/h4,7-8,10,12,18H,2-3,5-6H2,1H3,(H,17,19). The number of carbonyl (C=O) groups excluding carboxylic acids is 1. The third-order valence-electron chi connectivity index (χ3n) is 3.83. The number of hydrogen-bond acceptors (Lipinski definition) is 4. The average Bonchev–Trinajstić information content (AvgIpc) is 2.78. The highest BCUT2D eigenvalue weighted by molar-refractivity contribution is 5.94. The first-order valence-corrected chi connectivity index (χ1v) is 6.98. The number of aromatic nitrogens is 1. The lowest BCUT2D eigenvalue weighted by Gasteiger charge is -2.24. The van der Waals surface area contributed by atoms with Gasteiger partial charge in [0.1, 0.15) is 5.52 Å². The molecule has 0 radical (unpaired) electrons. The molecule has 1 aromatic carbocycles. The zero-order chi connectivity index (χ0) is 14.1. The van der Waals surface area contributed by atoms with Crippen molar-refractivity contribution >= 4 is 22.7 Å². The van der Waals surface area contributed by atoms with E-state index >= 15 is 0 Å². The summed E-state index contributed by atoms with van der Waals surface area (Å²) in [4.78, 5) is 16.4. The van der Waals surface area contributed by atoms with Gasteiger partial charge in [-0.05, 0) is 43.9 Å². The Hall–Kier alpha value is -1.88. The molecule has 1 aliphatic rings. The van der Waals surface area contributed by atoms with Gasteiger partial charge in [0.05, 0.1) is 6.10 Å². The van der Waals surface area contributed by atoms with E-state index in [2.05, 4.69) is 10.3 Å². The predicted octanol–water partition coefficient (Wildman–Crippen LogP) is 2.63. The highest BCUT2D eigenvalue weighted by Gasteiger charge is 2.25. The van der Waals surface area contributed by atoms with Gasteiger partial charge in [0, 0.05) is 18.5 Å². The van der Waals surface area contributed by atoms with E-state index < -0.39 is 0 Å². The van der Waals surface area contributed by atoms with Gasteiger partial charge in [0.25, 0.3) is 0 Å². The van der Waals surface area contributed by atoms with E-state index in [1.165, 1.54) is 0 Å². The quantitative estimate of drug-likeness (QED) is 0.882. The van der Waals surface area contributed by atoms with Crippen LogP contribution < -0.4 is 5.32 Å². The number of oxazole rings is 1. The van der Waals surface area contributed by atoms with Gasteiger partial charge < -0.3 is 14.8 Å².